The maximum absolute atomic E-state index is 14.0. The number of benzene rings is 1. The minimum absolute atomic E-state index is 0.0549. The molecule has 170 valence electrons. The Hall–Kier alpha value is -2.55. The van der Waals surface area contributed by atoms with Gasteiger partial charge in [-0.05, 0) is 24.6 Å². The number of esters is 1. The van der Waals surface area contributed by atoms with Gasteiger partial charge in [-0.1, -0.05) is 26.8 Å². The van der Waals surface area contributed by atoms with Crippen LogP contribution in [0.15, 0.2) is 18.2 Å². The topological polar surface area (TPSA) is 56.6 Å². The Morgan fingerprint density at radius 2 is 1.84 bits per heavy atom. The molecule has 2 heterocycles. The number of hydrogen-bond donors (Lipinski definition) is 0. The van der Waals surface area contributed by atoms with Crippen molar-refractivity contribution in [1.82, 2.24) is 9.55 Å². The van der Waals surface area contributed by atoms with Gasteiger partial charge in [-0.3, -0.25) is 0 Å². The Morgan fingerprint density at radius 1 is 1.19 bits per heavy atom. The monoisotopic (exact) mass is 439 g/mol. The number of ether oxygens (including phenoxy) is 2. The van der Waals surface area contributed by atoms with Crippen LogP contribution < -0.4 is 4.90 Å². The Bertz CT molecular complexity index is 955. The zero-order valence-corrected chi connectivity index (χ0v) is 18.5. The molecule has 0 radical (unpaired) electrons. The van der Waals surface area contributed by atoms with Gasteiger partial charge in [0.25, 0.3) is 0 Å². The second-order valence-corrected chi connectivity index (χ2v) is 8.64. The van der Waals surface area contributed by atoms with Crippen LogP contribution in [0.5, 0.6) is 0 Å². The standard InChI is InChI=1S/C22H28F3N3O3/c1-14-18(19(29)30-5)26-20(21(2,3)4)28(14)13-15-6-7-16(12-17(15)22(23,24)25)27-8-10-31-11-9-27/h6-7,12H,8-11,13H2,1-5H3. The molecule has 0 atom stereocenters. The molecule has 0 spiro atoms. The fraction of sp³-hybridized carbons (Fsp3) is 0.545. The molecule has 0 unspecified atom stereocenters. The molecule has 0 amide bonds. The fourth-order valence-corrected chi connectivity index (χ4v) is 3.74. The van der Waals surface area contributed by atoms with Crippen LogP contribution in [0.3, 0.4) is 0 Å². The van der Waals surface area contributed by atoms with Crippen LogP contribution in [0.25, 0.3) is 0 Å². The van der Waals surface area contributed by atoms with Crippen LogP contribution in [0.4, 0.5) is 18.9 Å². The number of morpholine rings is 1. The quantitative estimate of drug-likeness (QED) is 0.669. The van der Waals surface area contributed by atoms with E-state index in [1.807, 2.05) is 25.7 Å². The average Bonchev–Trinajstić information content (AvgIpc) is 3.04. The van der Waals surface area contributed by atoms with Crippen molar-refractivity contribution in [1.29, 1.82) is 0 Å². The lowest BCUT2D eigenvalue weighted by Gasteiger charge is -2.30. The number of methoxy groups -OCH3 is 1. The SMILES string of the molecule is COC(=O)c1nc(C(C)(C)C)n(Cc2ccc(N3CCOCC3)cc2C(F)(F)F)c1C. The minimum atomic E-state index is -4.51. The van der Waals surface area contributed by atoms with E-state index in [1.54, 1.807) is 17.6 Å². The minimum Gasteiger partial charge on any atom is -0.464 e. The molecule has 9 heteroatoms. The van der Waals surface area contributed by atoms with E-state index in [9.17, 15) is 18.0 Å². The number of imidazole rings is 1. The summed E-state index contributed by atoms with van der Waals surface area (Å²) in [6.45, 7) is 9.40. The molecule has 1 aromatic carbocycles. The van der Waals surface area contributed by atoms with E-state index in [1.165, 1.54) is 19.2 Å². The molecule has 6 nitrogen and oxygen atoms in total. The van der Waals surface area contributed by atoms with E-state index in [0.29, 0.717) is 43.5 Å². The van der Waals surface area contributed by atoms with E-state index in [2.05, 4.69) is 4.98 Å². The molecule has 0 N–H and O–H groups in total. The predicted molar refractivity (Wildman–Crippen MR) is 111 cm³/mol. The van der Waals surface area contributed by atoms with E-state index >= 15 is 0 Å². The van der Waals surface area contributed by atoms with Crippen molar-refractivity contribution in [3.63, 3.8) is 0 Å². The van der Waals surface area contributed by atoms with Gasteiger partial charge in [0.1, 0.15) is 5.82 Å². The summed E-state index contributed by atoms with van der Waals surface area (Å²) < 4.78 is 53.7. The van der Waals surface area contributed by atoms with Gasteiger partial charge in [0.2, 0.25) is 0 Å². The average molecular weight is 439 g/mol. The zero-order chi connectivity index (χ0) is 23.0. The molecule has 1 saturated heterocycles. The molecule has 1 aromatic heterocycles. The first-order chi connectivity index (χ1) is 14.4. The van der Waals surface area contributed by atoms with E-state index in [0.717, 1.165) is 0 Å². The van der Waals surface area contributed by atoms with Crippen LogP contribution in [0.2, 0.25) is 0 Å². The van der Waals surface area contributed by atoms with Gasteiger partial charge in [-0.25, -0.2) is 9.78 Å². The molecule has 3 rings (SSSR count). The summed E-state index contributed by atoms with van der Waals surface area (Å²) in [5.74, 6) is -0.0868. The van der Waals surface area contributed by atoms with Gasteiger partial charge in [0.15, 0.2) is 5.69 Å². The number of anilines is 1. The van der Waals surface area contributed by atoms with Crippen molar-refractivity contribution in [3.05, 3.63) is 46.5 Å². The van der Waals surface area contributed by atoms with Crippen molar-refractivity contribution < 1.29 is 27.4 Å². The predicted octanol–water partition coefficient (Wildman–Crippen LogP) is 4.18. The number of aromatic nitrogens is 2. The summed E-state index contributed by atoms with van der Waals surface area (Å²) in [7, 11) is 1.25. The number of nitrogens with zero attached hydrogens (tertiary/aromatic N) is 3. The summed E-state index contributed by atoms with van der Waals surface area (Å²) in [5.41, 5.74) is 0.0560. The lowest BCUT2D eigenvalue weighted by atomic mass is 9.95. The zero-order valence-electron chi connectivity index (χ0n) is 18.5. The van der Waals surface area contributed by atoms with Gasteiger partial charge in [0, 0.05) is 36.4 Å². The fourth-order valence-electron chi connectivity index (χ4n) is 3.74. The maximum Gasteiger partial charge on any atom is 0.416 e. The molecule has 31 heavy (non-hydrogen) atoms. The number of carbonyl (C=O) groups excluding carboxylic acids is 1. The third kappa shape index (κ3) is 4.87. The number of carbonyl (C=O) groups is 1. The first-order valence-electron chi connectivity index (χ1n) is 10.1. The molecule has 1 aliphatic heterocycles. The van der Waals surface area contributed by atoms with E-state index in [-0.39, 0.29) is 17.8 Å². The van der Waals surface area contributed by atoms with Crippen molar-refractivity contribution >= 4 is 11.7 Å². The largest absolute Gasteiger partial charge is 0.464 e. The van der Waals surface area contributed by atoms with Crippen LogP contribution in [-0.2, 0) is 27.6 Å². The third-order valence-corrected chi connectivity index (χ3v) is 5.37. The molecule has 0 saturated carbocycles. The van der Waals surface area contributed by atoms with Crippen molar-refractivity contribution in [3.8, 4) is 0 Å². The smallest absolute Gasteiger partial charge is 0.416 e. The second-order valence-electron chi connectivity index (χ2n) is 8.64. The summed E-state index contributed by atoms with van der Waals surface area (Å²) >= 11 is 0. The lowest BCUT2D eigenvalue weighted by molar-refractivity contribution is -0.138. The van der Waals surface area contributed by atoms with Gasteiger partial charge >= 0.3 is 12.1 Å². The normalized spacial score (nSPS) is 15.3. The van der Waals surface area contributed by atoms with Crippen molar-refractivity contribution in [2.45, 2.75) is 45.8 Å². The Balaban J connectivity index is 2.07. The van der Waals surface area contributed by atoms with Gasteiger partial charge in [0.05, 0.1) is 25.9 Å². The summed E-state index contributed by atoms with van der Waals surface area (Å²) in [6.07, 6.45) is -4.51. The molecular weight excluding hydrogens is 411 g/mol. The number of rotatable bonds is 4. The molecular formula is C22H28F3N3O3. The van der Waals surface area contributed by atoms with E-state index < -0.39 is 23.1 Å². The highest BCUT2D eigenvalue weighted by Gasteiger charge is 2.35. The summed E-state index contributed by atoms with van der Waals surface area (Å²) in [5, 5.41) is 0. The van der Waals surface area contributed by atoms with Crippen molar-refractivity contribution in [2.24, 2.45) is 0 Å². The van der Waals surface area contributed by atoms with Gasteiger partial charge in [-0.15, -0.1) is 0 Å². The number of halogens is 3. The van der Waals surface area contributed by atoms with Crippen LogP contribution in [0.1, 0.15) is 53.9 Å². The van der Waals surface area contributed by atoms with E-state index in [4.69, 9.17) is 9.47 Å². The molecule has 1 aliphatic rings. The number of hydrogen-bond acceptors (Lipinski definition) is 5. The summed E-state index contributed by atoms with van der Waals surface area (Å²) in [4.78, 5) is 18.4. The molecule has 2 aromatic rings. The Kier molecular flexibility index (Phi) is 6.36. The van der Waals surface area contributed by atoms with Gasteiger partial charge in [-0.2, -0.15) is 13.2 Å². The second kappa shape index (κ2) is 8.53. The van der Waals surface area contributed by atoms with Crippen LogP contribution in [-0.4, -0.2) is 48.9 Å². The lowest BCUT2D eigenvalue weighted by Crippen LogP contribution is -2.36. The Morgan fingerprint density at radius 3 is 2.39 bits per heavy atom. The third-order valence-electron chi connectivity index (χ3n) is 5.37. The van der Waals surface area contributed by atoms with Crippen molar-refractivity contribution in [2.75, 3.05) is 38.3 Å². The summed E-state index contributed by atoms with van der Waals surface area (Å²) in [6, 6.07) is 4.42. The first kappa shape index (κ1) is 23.1. The molecule has 0 aliphatic carbocycles. The molecule has 0 bridgehead atoms. The number of alkyl halides is 3. The highest BCUT2D eigenvalue weighted by atomic mass is 19.4. The Labute approximate surface area is 180 Å². The highest BCUT2D eigenvalue weighted by molar-refractivity contribution is 5.88. The van der Waals surface area contributed by atoms with Crippen LogP contribution >= 0.6 is 0 Å². The van der Waals surface area contributed by atoms with Gasteiger partial charge < -0.3 is 18.9 Å². The highest BCUT2D eigenvalue weighted by Crippen LogP contribution is 2.36. The first-order valence-corrected chi connectivity index (χ1v) is 10.1. The molecule has 1 fully saturated rings. The maximum atomic E-state index is 14.0. The van der Waals surface area contributed by atoms with Crippen LogP contribution in [0, 0.1) is 6.92 Å².